The number of fused-ring (bicyclic) bond motifs is 1. The standard InChI is InChI=1S/C33H42N6O7S2/c1-5-21(2)19-26(46-31(34)43)29(41)47-33(3,4)30(42)38(28(40)24-13-14-24)32-35-27-8-6-7-25(39(27)36-32)23-11-9-22(10-12-23)20-37-15-17-48(44,45)18-16-37/h6-12,21,24,26H,5,13-20H2,1-4H3,(H2,34,43)/t21-,26-/m1/s1. The molecule has 3 heterocycles. The lowest BCUT2D eigenvalue weighted by Crippen LogP contribution is -2.49. The number of hydrogen-bond donors (Lipinski definition) is 1. The molecule has 0 spiro atoms. The van der Waals surface area contributed by atoms with E-state index in [1.807, 2.05) is 50.2 Å². The van der Waals surface area contributed by atoms with Crippen molar-refractivity contribution in [2.24, 2.45) is 17.6 Å². The predicted molar refractivity (Wildman–Crippen MR) is 183 cm³/mol. The van der Waals surface area contributed by atoms with E-state index in [2.05, 4.69) is 15.0 Å². The summed E-state index contributed by atoms with van der Waals surface area (Å²) in [5.41, 5.74) is 8.22. The number of carbonyl (C=O) groups excluding carboxylic acids is 4. The lowest BCUT2D eigenvalue weighted by molar-refractivity contribution is -0.128. The molecule has 1 aromatic carbocycles. The Morgan fingerprint density at radius 1 is 1.08 bits per heavy atom. The summed E-state index contributed by atoms with van der Waals surface area (Å²) in [6, 6.07) is 13.3. The molecule has 5 rings (SSSR count). The lowest BCUT2D eigenvalue weighted by atomic mass is 10.0. The van der Waals surface area contributed by atoms with Gasteiger partial charge in [0.2, 0.25) is 11.0 Å². The number of rotatable bonds is 12. The van der Waals surface area contributed by atoms with Crippen molar-refractivity contribution in [3.63, 3.8) is 0 Å². The number of nitrogens with two attached hydrogens (primary N) is 1. The second kappa shape index (κ2) is 14.3. The first-order valence-corrected chi connectivity index (χ1v) is 18.8. The summed E-state index contributed by atoms with van der Waals surface area (Å²) in [5, 5.41) is 4.10. The molecule has 13 nitrogen and oxygen atoms in total. The van der Waals surface area contributed by atoms with Gasteiger partial charge < -0.3 is 10.5 Å². The Balaban J connectivity index is 1.39. The largest absolute Gasteiger partial charge is 0.437 e. The van der Waals surface area contributed by atoms with Gasteiger partial charge in [0.15, 0.2) is 21.6 Å². The van der Waals surface area contributed by atoms with Crippen molar-refractivity contribution >= 4 is 56.2 Å². The Kier molecular flexibility index (Phi) is 10.6. The van der Waals surface area contributed by atoms with Gasteiger partial charge in [-0.25, -0.2) is 22.6 Å². The summed E-state index contributed by atoms with van der Waals surface area (Å²) in [4.78, 5) is 60.3. The predicted octanol–water partition coefficient (Wildman–Crippen LogP) is 3.83. The van der Waals surface area contributed by atoms with Crippen LogP contribution in [0.2, 0.25) is 0 Å². The van der Waals surface area contributed by atoms with Gasteiger partial charge in [0.1, 0.15) is 0 Å². The second-order valence-electron chi connectivity index (χ2n) is 13.1. The van der Waals surface area contributed by atoms with Gasteiger partial charge in [-0.2, -0.15) is 4.98 Å². The number of sulfone groups is 1. The Hall–Kier alpha value is -3.82. The molecule has 2 N–H and O–H groups in total. The minimum atomic E-state index is -2.95. The number of nitrogens with zero attached hydrogens (tertiary/aromatic N) is 5. The first-order valence-electron chi connectivity index (χ1n) is 16.1. The quantitative estimate of drug-likeness (QED) is 0.291. The van der Waals surface area contributed by atoms with Crippen molar-refractivity contribution in [1.82, 2.24) is 19.5 Å². The SMILES string of the molecule is CC[C@@H](C)C[C@@H](OC(N)=O)C(=O)SC(C)(C)C(=O)N(C(=O)C1CC1)c1nc2cccc(-c3ccc(CN4CCS(=O)(=O)CC4)cc3)n2n1. The smallest absolute Gasteiger partial charge is 0.405 e. The van der Waals surface area contributed by atoms with E-state index in [0.717, 1.165) is 22.4 Å². The number of pyridine rings is 1. The number of ether oxygens (including phenoxy) is 1. The number of primary amides is 1. The van der Waals surface area contributed by atoms with Crippen molar-refractivity contribution in [3.8, 4) is 11.3 Å². The Bertz CT molecular complexity index is 1790. The fourth-order valence-electron chi connectivity index (χ4n) is 5.45. The first-order chi connectivity index (χ1) is 22.7. The average molecular weight is 699 g/mol. The van der Waals surface area contributed by atoms with Crippen LogP contribution >= 0.6 is 11.8 Å². The van der Waals surface area contributed by atoms with E-state index >= 15 is 0 Å². The molecule has 1 aliphatic carbocycles. The molecule has 258 valence electrons. The Morgan fingerprint density at radius 2 is 1.75 bits per heavy atom. The number of carbonyl (C=O) groups is 4. The molecule has 48 heavy (non-hydrogen) atoms. The molecule has 0 unspecified atom stereocenters. The van der Waals surface area contributed by atoms with Crippen LogP contribution in [0, 0.1) is 11.8 Å². The van der Waals surface area contributed by atoms with Crippen LogP contribution in [0.15, 0.2) is 42.5 Å². The highest BCUT2D eigenvalue weighted by atomic mass is 32.2. The highest BCUT2D eigenvalue weighted by molar-refractivity contribution is 8.15. The van der Waals surface area contributed by atoms with E-state index in [1.54, 1.807) is 24.4 Å². The minimum absolute atomic E-state index is 0.0639. The number of imide groups is 1. The summed E-state index contributed by atoms with van der Waals surface area (Å²) in [6.07, 6.45) is 0.0566. The minimum Gasteiger partial charge on any atom is -0.437 e. The molecule has 3 amide bonds. The first kappa shape index (κ1) is 35.5. The molecular formula is C33H42N6O7S2. The summed E-state index contributed by atoms with van der Waals surface area (Å²) < 4.78 is 28.8. The van der Waals surface area contributed by atoms with Gasteiger partial charge in [-0.15, -0.1) is 5.10 Å². The second-order valence-corrected chi connectivity index (χ2v) is 17.0. The maximum atomic E-state index is 14.1. The lowest BCUT2D eigenvalue weighted by Gasteiger charge is -2.29. The number of hydrogen-bond acceptors (Lipinski definition) is 11. The third-order valence-electron chi connectivity index (χ3n) is 8.70. The van der Waals surface area contributed by atoms with E-state index in [-0.39, 0.29) is 35.7 Å². The normalized spacial score (nSPS) is 17.8. The molecule has 15 heteroatoms. The topological polar surface area (TPSA) is 174 Å². The molecule has 0 bridgehead atoms. The maximum Gasteiger partial charge on any atom is 0.405 e. The number of aromatic nitrogens is 3. The van der Waals surface area contributed by atoms with Gasteiger partial charge in [0.05, 0.1) is 21.9 Å². The van der Waals surface area contributed by atoms with Gasteiger partial charge in [-0.1, -0.05) is 62.4 Å². The average Bonchev–Trinajstić information content (AvgIpc) is 3.80. The van der Waals surface area contributed by atoms with E-state index in [4.69, 9.17) is 10.5 Å². The summed E-state index contributed by atoms with van der Waals surface area (Å²) in [7, 11) is -2.95. The van der Waals surface area contributed by atoms with Crippen LogP contribution < -0.4 is 10.6 Å². The third kappa shape index (κ3) is 8.42. The molecule has 2 aromatic heterocycles. The van der Waals surface area contributed by atoms with Crippen molar-refractivity contribution in [2.75, 3.05) is 29.5 Å². The van der Waals surface area contributed by atoms with Gasteiger partial charge in [-0.05, 0) is 56.7 Å². The van der Waals surface area contributed by atoms with Crippen molar-refractivity contribution < 1.29 is 32.3 Å². The van der Waals surface area contributed by atoms with E-state index in [1.165, 1.54) is 0 Å². The van der Waals surface area contributed by atoms with E-state index < -0.39 is 43.7 Å². The van der Waals surface area contributed by atoms with Crippen molar-refractivity contribution in [3.05, 3.63) is 48.0 Å². The molecule has 3 aromatic rings. The number of thioether (sulfide) groups is 1. The highest BCUT2D eigenvalue weighted by Crippen LogP contribution is 2.37. The van der Waals surface area contributed by atoms with Crippen LogP contribution in [-0.2, 0) is 35.5 Å². The highest BCUT2D eigenvalue weighted by Gasteiger charge is 2.46. The Morgan fingerprint density at radius 3 is 2.35 bits per heavy atom. The molecule has 1 saturated carbocycles. The fourth-order valence-corrected chi connectivity index (χ4v) is 7.69. The van der Waals surface area contributed by atoms with Crippen molar-refractivity contribution in [1.29, 1.82) is 0 Å². The maximum absolute atomic E-state index is 14.1. The molecule has 1 aliphatic heterocycles. The monoisotopic (exact) mass is 698 g/mol. The van der Waals surface area contributed by atoms with Crippen molar-refractivity contribution in [2.45, 2.75) is 70.8 Å². The molecule has 2 atom stereocenters. The fraction of sp³-hybridized carbons (Fsp3) is 0.515. The number of benzene rings is 1. The van der Waals surface area contributed by atoms with Gasteiger partial charge in [0.25, 0.3) is 11.9 Å². The summed E-state index contributed by atoms with van der Waals surface area (Å²) in [5.74, 6) is -1.14. The number of amides is 3. The zero-order chi connectivity index (χ0) is 34.8. The van der Waals surface area contributed by atoms with Crippen LogP contribution in [0.1, 0.15) is 58.9 Å². The van der Waals surface area contributed by atoms with Crippen LogP contribution in [-0.4, -0.2) is 86.4 Å². The van der Waals surface area contributed by atoms with Gasteiger partial charge in [-0.3, -0.25) is 19.3 Å². The van der Waals surface area contributed by atoms with E-state index in [9.17, 15) is 27.6 Å². The molecule has 1 saturated heterocycles. The molecule has 2 aliphatic rings. The molecule has 2 fully saturated rings. The zero-order valence-electron chi connectivity index (χ0n) is 27.6. The third-order valence-corrected chi connectivity index (χ3v) is 11.5. The molecule has 0 radical (unpaired) electrons. The van der Waals surface area contributed by atoms with Crippen LogP contribution in [0.5, 0.6) is 0 Å². The Labute approximate surface area is 284 Å². The molecular weight excluding hydrogens is 657 g/mol. The van der Waals surface area contributed by atoms with E-state index in [0.29, 0.717) is 55.6 Å². The van der Waals surface area contributed by atoms with Gasteiger partial charge >= 0.3 is 6.09 Å². The van der Waals surface area contributed by atoms with Gasteiger partial charge in [0, 0.05) is 31.1 Å². The van der Waals surface area contributed by atoms with Crippen LogP contribution in [0.4, 0.5) is 10.7 Å². The zero-order valence-corrected chi connectivity index (χ0v) is 29.3. The number of anilines is 1. The summed E-state index contributed by atoms with van der Waals surface area (Å²) in [6.45, 7) is 8.60. The summed E-state index contributed by atoms with van der Waals surface area (Å²) >= 11 is 0.695. The van der Waals surface area contributed by atoms with Crippen LogP contribution in [0.25, 0.3) is 16.9 Å². The van der Waals surface area contributed by atoms with Crippen LogP contribution in [0.3, 0.4) is 0 Å².